The number of rotatable bonds is 7. The summed E-state index contributed by atoms with van der Waals surface area (Å²) in [6.45, 7) is 13.9. The SMILES string of the molecule is Cc1c(Nc2ccc(S(C)=O)cc2F)ncnc1N(CC1CCN(C(=O)OC(C)(C)C)CC1)C(C)C. The van der Waals surface area contributed by atoms with Gasteiger partial charge in [-0.05, 0) is 78.5 Å². The molecule has 8 nitrogen and oxygen atoms in total. The van der Waals surface area contributed by atoms with Crippen molar-refractivity contribution in [1.29, 1.82) is 0 Å². The van der Waals surface area contributed by atoms with Gasteiger partial charge < -0.3 is 19.9 Å². The third kappa shape index (κ3) is 7.15. The summed E-state index contributed by atoms with van der Waals surface area (Å²) in [4.78, 5) is 25.8. The number of ether oxygens (including phenoxy) is 1. The van der Waals surface area contributed by atoms with Gasteiger partial charge in [-0.15, -0.1) is 0 Å². The van der Waals surface area contributed by atoms with Gasteiger partial charge >= 0.3 is 6.09 Å². The lowest BCUT2D eigenvalue weighted by Gasteiger charge is -2.37. The number of aromatic nitrogens is 2. The lowest BCUT2D eigenvalue weighted by Crippen LogP contribution is -2.45. The van der Waals surface area contributed by atoms with E-state index in [1.807, 2.05) is 27.7 Å². The molecule has 1 atom stereocenters. The molecular weight excluding hydrogens is 481 g/mol. The monoisotopic (exact) mass is 519 g/mol. The number of benzene rings is 1. The van der Waals surface area contributed by atoms with Gasteiger partial charge in [0.2, 0.25) is 0 Å². The maximum Gasteiger partial charge on any atom is 0.410 e. The zero-order chi connectivity index (χ0) is 26.6. The second kappa shape index (κ2) is 11.5. The van der Waals surface area contributed by atoms with E-state index in [1.54, 1.807) is 17.0 Å². The van der Waals surface area contributed by atoms with Crippen LogP contribution in [0.3, 0.4) is 0 Å². The Bertz CT molecular complexity index is 1100. The Kier molecular flexibility index (Phi) is 8.92. The van der Waals surface area contributed by atoms with Crippen molar-refractivity contribution in [1.82, 2.24) is 14.9 Å². The molecule has 1 unspecified atom stereocenters. The molecule has 1 saturated heterocycles. The zero-order valence-corrected chi connectivity index (χ0v) is 23.1. The molecule has 1 aromatic carbocycles. The normalized spacial score (nSPS) is 15.6. The van der Waals surface area contributed by atoms with Gasteiger partial charge in [-0.1, -0.05) is 0 Å². The highest BCUT2D eigenvalue weighted by Gasteiger charge is 2.29. The van der Waals surface area contributed by atoms with Crippen molar-refractivity contribution in [3.8, 4) is 0 Å². The van der Waals surface area contributed by atoms with Crippen LogP contribution in [0.25, 0.3) is 0 Å². The number of carbonyl (C=O) groups is 1. The summed E-state index contributed by atoms with van der Waals surface area (Å²) < 4.78 is 31.8. The minimum atomic E-state index is -1.26. The number of likely N-dealkylation sites (tertiary alicyclic amines) is 1. The first-order chi connectivity index (χ1) is 16.9. The number of anilines is 3. The smallest absolute Gasteiger partial charge is 0.410 e. The fourth-order valence-electron chi connectivity index (χ4n) is 4.20. The van der Waals surface area contributed by atoms with E-state index in [4.69, 9.17) is 4.74 Å². The predicted octanol–water partition coefficient (Wildman–Crippen LogP) is 5.27. The molecule has 1 amide bonds. The Morgan fingerprint density at radius 3 is 2.50 bits per heavy atom. The van der Waals surface area contributed by atoms with E-state index >= 15 is 0 Å². The predicted molar refractivity (Wildman–Crippen MR) is 142 cm³/mol. The minimum Gasteiger partial charge on any atom is -0.444 e. The third-order valence-corrected chi connectivity index (χ3v) is 7.12. The molecule has 1 aromatic heterocycles. The molecule has 1 N–H and O–H groups in total. The second-order valence-corrected chi connectivity index (χ2v) is 11.9. The molecule has 0 saturated carbocycles. The standard InChI is InChI=1S/C26H38FN5O3S/c1-17(2)32(15-19-10-12-31(13-11-19)25(33)35-26(4,5)6)24-18(3)23(28-16-29-24)30-22-9-8-20(36(7)34)14-21(22)27/h8-9,14,16-17,19H,10-13,15H2,1-7H3,(H,28,29,30). The number of piperidine rings is 1. The van der Waals surface area contributed by atoms with Crippen LogP contribution in [0.2, 0.25) is 0 Å². The van der Waals surface area contributed by atoms with Crippen molar-refractivity contribution in [2.45, 2.75) is 70.9 Å². The molecule has 0 radical (unpaired) electrons. The maximum atomic E-state index is 14.6. The molecule has 0 spiro atoms. The van der Waals surface area contributed by atoms with E-state index in [9.17, 15) is 13.4 Å². The van der Waals surface area contributed by atoms with Crippen LogP contribution in [0, 0.1) is 18.7 Å². The summed E-state index contributed by atoms with van der Waals surface area (Å²) in [5.41, 5.74) is 0.584. The Morgan fingerprint density at radius 2 is 1.94 bits per heavy atom. The van der Waals surface area contributed by atoms with E-state index in [0.717, 1.165) is 30.8 Å². The lowest BCUT2D eigenvalue weighted by atomic mass is 9.95. The summed E-state index contributed by atoms with van der Waals surface area (Å²) in [7, 11) is -1.26. The van der Waals surface area contributed by atoms with Crippen molar-refractivity contribution in [3.63, 3.8) is 0 Å². The van der Waals surface area contributed by atoms with Crippen molar-refractivity contribution >= 4 is 34.2 Å². The molecule has 3 rings (SSSR count). The highest BCUT2D eigenvalue weighted by molar-refractivity contribution is 7.84. The largest absolute Gasteiger partial charge is 0.444 e. The molecule has 0 bridgehead atoms. The van der Waals surface area contributed by atoms with Gasteiger partial charge in [0.25, 0.3) is 0 Å². The minimum absolute atomic E-state index is 0.186. The Hall–Kier alpha value is -2.75. The highest BCUT2D eigenvalue weighted by Crippen LogP contribution is 2.30. The van der Waals surface area contributed by atoms with E-state index in [2.05, 4.69) is 34.0 Å². The quantitative estimate of drug-likeness (QED) is 0.533. The van der Waals surface area contributed by atoms with Crippen molar-refractivity contribution in [3.05, 3.63) is 35.9 Å². The van der Waals surface area contributed by atoms with Crippen LogP contribution >= 0.6 is 0 Å². The highest BCUT2D eigenvalue weighted by atomic mass is 32.2. The fourth-order valence-corrected chi connectivity index (χ4v) is 4.73. The summed E-state index contributed by atoms with van der Waals surface area (Å²) in [5.74, 6) is 1.23. The van der Waals surface area contributed by atoms with Crippen LogP contribution in [-0.4, -0.2) is 62.7 Å². The number of carbonyl (C=O) groups excluding carboxylic acids is 1. The molecule has 2 heterocycles. The van der Waals surface area contributed by atoms with E-state index < -0.39 is 22.2 Å². The van der Waals surface area contributed by atoms with Gasteiger partial charge in [0.05, 0.1) is 5.69 Å². The molecule has 1 aliphatic rings. The van der Waals surface area contributed by atoms with Gasteiger partial charge in [-0.3, -0.25) is 4.21 Å². The number of hydrogen-bond donors (Lipinski definition) is 1. The number of nitrogens with zero attached hydrogens (tertiary/aromatic N) is 4. The molecular formula is C26H38FN5O3S. The van der Waals surface area contributed by atoms with Crippen LogP contribution in [0.5, 0.6) is 0 Å². The average Bonchev–Trinajstić information content (AvgIpc) is 2.79. The van der Waals surface area contributed by atoms with Gasteiger partial charge in [0, 0.05) is 53.2 Å². The molecule has 198 valence electrons. The lowest BCUT2D eigenvalue weighted by molar-refractivity contribution is 0.0186. The number of hydrogen-bond acceptors (Lipinski definition) is 7. The number of halogens is 1. The van der Waals surface area contributed by atoms with Gasteiger partial charge in [-0.2, -0.15) is 0 Å². The number of amides is 1. The van der Waals surface area contributed by atoms with Crippen LogP contribution in [0.4, 0.5) is 26.5 Å². The molecule has 1 aliphatic heterocycles. The van der Waals surface area contributed by atoms with E-state index in [1.165, 1.54) is 18.6 Å². The average molecular weight is 520 g/mol. The Morgan fingerprint density at radius 1 is 1.28 bits per heavy atom. The van der Waals surface area contributed by atoms with Crippen molar-refractivity contribution < 1.29 is 18.1 Å². The first-order valence-corrected chi connectivity index (χ1v) is 13.9. The van der Waals surface area contributed by atoms with Crippen LogP contribution in [-0.2, 0) is 15.5 Å². The first kappa shape index (κ1) is 27.8. The maximum absolute atomic E-state index is 14.6. The van der Waals surface area contributed by atoms with Crippen LogP contribution in [0.1, 0.15) is 53.0 Å². The molecule has 36 heavy (non-hydrogen) atoms. The van der Waals surface area contributed by atoms with E-state index in [-0.39, 0.29) is 17.8 Å². The van der Waals surface area contributed by atoms with Crippen molar-refractivity contribution in [2.24, 2.45) is 5.92 Å². The molecule has 10 heteroatoms. The summed E-state index contributed by atoms with van der Waals surface area (Å²) in [6, 6.07) is 4.68. The van der Waals surface area contributed by atoms with Gasteiger partial charge in [0.15, 0.2) is 0 Å². The Balaban J connectivity index is 1.71. The summed E-state index contributed by atoms with van der Waals surface area (Å²) in [5, 5.41) is 3.07. The zero-order valence-electron chi connectivity index (χ0n) is 22.3. The van der Waals surface area contributed by atoms with Crippen LogP contribution < -0.4 is 10.2 Å². The third-order valence-electron chi connectivity index (χ3n) is 6.20. The van der Waals surface area contributed by atoms with Crippen LogP contribution in [0.15, 0.2) is 29.4 Å². The summed E-state index contributed by atoms with van der Waals surface area (Å²) >= 11 is 0. The molecule has 2 aromatic rings. The number of nitrogens with one attached hydrogen (secondary N) is 1. The van der Waals surface area contributed by atoms with E-state index in [0.29, 0.717) is 29.7 Å². The molecule has 1 fully saturated rings. The Labute approximate surface area is 216 Å². The molecule has 0 aliphatic carbocycles. The summed E-state index contributed by atoms with van der Waals surface area (Å²) in [6.07, 6.45) is 4.51. The topological polar surface area (TPSA) is 87.7 Å². The first-order valence-electron chi connectivity index (χ1n) is 12.3. The van der Waals surface area contributed by atoms with Gasteiger partial charge in [0.1, 0.15) is 29.4 Å². The van der Waals surface area contributed by atoms with Gasteiger partial charge in [-0.25, -0.2) is 19.2 Å². The van der Waals surface area contributed by atoms with Crippen molar-refractivity contribution in [2.75, 3.05) is 36.1 Å². The fraction of sp³-hybridized carbons (Fsp3) is 0.577. The second-order valence-electron chi connectivity index (χ2n) is 10.5.